The zero-order valence-electron chi connectivity index (χ0n) is 54.0. The maximum Gasteiger partial charge on any atom is 0.306 e. The molecular formula is C76H130O6. The van der Waals surface area contributed by atoms with Gasteiger partial charge in [-0.2, -0.15) is 0 Å². The van der Waals surface area contributed by atoms with Gasteiger partial charge < -0.3 is 14.2 Å². The molecule has 1 unspecified atom stereocenters. The quantitative estimate of drug-likeness (QED) is 0.0261. The van der Waals surface area contributed by atoms with E-state index < -0.39 is 6.10 Å². The van der Waals surface area contributed by atoms with Crippen LogP contribution >= 0.6 is 0 Å². The van der Waals surface area contributed by atoms with Gasteiger partial charge in [0.15, 0.2) is 6.10 Å². The van der Waals surface area contributed by atoms with Crippen LogP contribution in [0.5, 0.6) is 0 Å². The van der Waals surface area contributed by atoms with Crippen molar-refractivity contribution < 1.29 is 28.6 Å². The first-order chi connectivity index (χ1) is 40.5. The van der Waals surface area contributed by atoms with Gasteiger partial charge in [-0.05, 0) is 128 Å². The van der Waals surface area contributed by atoms with Crippen LogP contribution in [-0.4, -0.2) is 37.2 Å². The van der Waals surface area contributed by atoms with E-state index in [4.69, 9.17) is 14.2 Å². The molecule has 0 heterocycles. The lowest BCUT2D eigenvalue weighted by atomic mass is 10.0. The van der Waals surface area contributed by atoms with E-state index in [2.05, 4.69) is 130 Å². The summed E-state index contributed by atoms with van der Waals surface area (Å²) in [5, 5.41) is 0. The van der Waals surface area contributed by atoms with Gasteiger partial charge >= 0.3 is 17.9 Å². The summed E-state index contributed by atoms with van der Waals surface area (Å²) in [6.45, 7) is 6.52. The molecular weight excluding hydrogens is 1010 g/mol. The largest absolute Gasteiger partial charge is 0.462 e. The third-order valence-electron chi connectivity index (χ3n) is 15.0. The molecule has 0 spiro atoms. The van der Waals surface area contributed by atoms with E-state index in [1.165, 1.54) is 180 Å². The molecule has 0 aliphatic rings. The van der Waals surface area contributed by atoms with E-state index in [0.717, 1.165) is 116 Å². The molecule has 0 saturated carbocycles. The highest BCUT2D eigenvalue weighted by Gasteiger charge is 2.19. The predicted molar refractivity (Wildman–Crippen MR) is 357 cm³/mol. The van der Waals surface area contributed by atoms with Gasteiger partial charge in [-0.25, -0.2) is 0 Å². The number of esters is 3. The van der Waals surface area contributed by atoms with Gasteiger partial charge in [0.25, 0.3) is 0 Å². The molecule has 6 nitrogen and oxygen atoms in total. The molecule has 0 bridgehead atoms. The van der Waals surface area contributed by atoms with Gasteiger partial charge in [0.05, 0.1) is 0 Å². The Balaban J connectivity index is 4.38. The molecule has 82 heavy (non-hydrogen) atoms. The second-order valence-electron chi connectivity index (χ2n) is 23.1. The maximum atomic E-state index is 13.0. The zero-order chi connectivity index (χ0) is 59.2. The molecule has 6 heteroatoms. The molecule has 1 atom stereocenters. The Morgan fingerprint density at radius 3 is 0.780 bits per heavy atom. The Bertz CT molecular complexity index is 1640. The standard InChI is InChI=1S/C76H130O6/c1-4-7-10-13-16-19-22-25-28-31-34-35-36-37-38-39-40-41-43-45-48-51-54-57-60-63-66-69-75(78)81-72-73(71-80-74(77)68-65-62-59-56-53-50-47-44-33-30-27-24-21-18-15-12-9-6-3)82-76(79)70-67-64-61-58-55-52-49-46-42-32-29-26-23-20-17-14-11-8-5-2/h7,10,16-17,19-20,25-26,28-30,33-35,37-38,42,46,73H,4-6,8-9,11-15,18,21-24,27,31-32,36,39-41,43-45,47-72H2,1-3H3/b10-7-,19-16-,20-17-,28-25-,29-26-,33-30-,35-34-,38-37-,46-42-. The van der Waals surface area contributed by atoms with Crippen LogP contribution < -0.4 is 0 Å². The van der Waals surface area contributed by atoms with Gasteiger partial charge in [0, 0.05) is 19.3 Å². The first kappa shape index (κ1) is 78.1. The Hall–Kier alpha value is -3.93. The van der Waals surface area contributed by atoms with Crippen molar-refractivity contribution in [1.29, 1.82) is 0 Å². The lowest BCUT2D eigenvalue weighted by Crippen LogP contribution is -2.30. The van der Waals surface area contributed by atoms with E-state index in [-0.39, 0.29) is 31.1 Å². The van der Waals surface area contributed by atoms with Crippen LogP contribution in [0.2, 0.25) is 0 Å². The van der Waals surface area contributed by atoms with Gasteiger partial charge in [-0.15, -0.1) is 0 Å². The second kappa shape index (κ2) is 69.6. The molecule has 470 valence electrons. The van der Waals surface area contributed by atoms with E-state index in [1.54, 1.807) is 0 Å². The Morgan fingerprint density at radius 1 is 0.256 bits per heavy atom. The van der Waals surface area contributed by atoms with Crippen molar-refractivity contribution in [2.45, 2.75) is 341 Å². The summed E-state index contributed by atoms with van der Waals surface area (Å²) in [4.78, 5) is 38.5. The van der Waals surface area contributed by atoms with Crippen molar-refractivity contribution >= 4 is 17.9 Å². The first-order valence-corrected chi connectivity index (χ1v) is 34.9. The molecule has 0 aromatic rings. The van der Waals surface area contributed by atoms with Crippen LogP contribution in [0.15, 0.2) is 109 Å². The van der Waals surface area contributed by atoms with Crippen LogP contribution in [0.1, 0.15) is 335 Å². The van der Waals surface area contributed by atoms with E-state index in [9.17, 15) is 14.4 Å². The number of allylic oxidation sites excluding steroid dienone is 18. The molecule has 0 saturated heterocycles. The average Bonchev–Trinajstić information content (AvgIpc) is 3.47. The van der Waals surface area contributed by atoms with Crippen molar-refractivity contribution in [3.8, 4) is 0 Å². The van der Waals surface area contributed by atoms with Crippen molar-refractivity contribution in [1.82, 2.24) is 0 Å². The summed E-state index contributed by atoms with van der Waals surface area (Å²) in [7, 11) is 0. The Morgan fingerprint density at radius 2 is 0.476 bits per heavy atom. The third kappa shape index (κ3) is 66.9. The topological polar surface area (TPSA) is 78.9 Å². The second-order valence-corrected chi connectivity index (χ2v) is 23.1. The van der Waals surface area contributed by atoms with Gasteiger partial charge in [0.1, 0.15) is 13.2 Å². The number of rotatable bonds is 63. The smallest absolute Gasteiger partial charge is 0.306 e. The van der Waals surface area contributed by atoms with Gasteiger partial charge in [-0.3, -0.25) is 14.4 Å². The molecule has 0 radical (unpaired) electrons. The minimum atomic E-state index is -0.792. The summed E-state index contributed by atoms with van der Waals surface area (Å²) < 4.78 is 17.0. The van der Waals surface area contributed by atoms with Gasteiger partial charge in [0.2, 0.25) is 0 Å². The summed E-state index contributed by atoms with van der Waals surface area (Å²) in [6, 6.07) is 0. The molecule has 0 aliphatic carbocycles. The van der Waals surface area contributed by atoms with Crippen LogP contribution in [-0.2, 0) is 28.6 Å². The highest BCUT2D eigenvalue weighted by atomic mass is 16.6. The van der Waals surface area contributed by atoms with Crippen LogP contribution in [0.4, 0.5) is 0 Å². The third-order valence-corrected chi connectivity index (χ3v) is 15.0. The fourth-order valence-electron chi connectivity index (χ4n) is 9.77. The highest BCUT2D eigenvalue weighted by Crippen LogP contribution is 2.16. The van der Waals surface area contributed by atoms with Crippen molar-refractivity contribution in [2.24, 2.45) is 0 Å². The van der Waals surface area contributed by atoms with Crippen LogP contribution in [0, 0.1) is 0 Å². The molecule has 0 amide bonds. The average molecular weight is 1140 g/mol. The molecule has 0 aromatic heterocycles. The number of hydrogen-bond donors (Lipinski definition) is 0. The minimum Gasteiger partial charge on any atom is -0.462 e. The summed E-state index contributed by atoms with van der Waals surface area (Å²) in [5.41, 5.74) is 0. The predicted octanol–water partition coefficient (Wildman–Crippen LogP) is 24.2. The molecule has 0 rings (SSSR count). The maximum absolute atomic E-state index is 13.0. The normalized spacial score (nSPS) is 12.8. The Kier molecular flexibility index (Phi) is 66.2. The molecule has 0 N–H and O–H groups in total. The SMILES string of the molecule is CC/C=C\C/C=C\C/C=C\C/C=C\C/C=C\CCCCCCCCCCCCCC(=O)OCC(COC(=O)CCCCCCCCC/C=C\CCCCCCCCC)OC(=O)CCCCCCCC/C=C\C/C=C\C/C=C\CCCCC. The number of hydrogen-bond acceptors (Lipinski definition) is 6. The summed E-state index contributed by atoms with van der Waals surface area (Å²) in [6.07, 6.45) is 95.3. The van der Waals surface area contributed by atoms with E-state index in [1.807, 2.05) is 0 Å². The highest BCUT2D eigenvalue weighted by molar-refractivity contribution is 5.71. The fourth-order valence-corrected chi connectivity index (χ4v) is 9.77. The van der Waals surface area contributed by atoms with Crippen LogP contribution in [0.25, 0.3) is 0 Å². The number of ether oxygens (including phenoxy) is 3. The summed E-state index contributed by atoms with van der Waals surface area (Å²) in [5.74, 6) is -0.892. The van der Waals surface area contributed by atoms with Crippen molar-refractivity contribution in [3.05, 3.63) is 109 Å². The van der Waals surface area contributed by atoms with E-state index >= 15 is 0 Å². The van der Waals surface area contributed by atoms with Crippen molar-refractivity contribution in [2.75, 3.05) is 13.2 Å². The molecule has 0 aliphatic heterocycles. The lowest BCUT2D eigenvalue weighted by molar-refractivity contribution is -0.167. The molecule has 0 fully saturated rings. The number of unbranched alkanes of at least 4 members (excludes halogenated alkanes) is 34. The van der Waals surface area contributed by atoms with E-state index in [0.29, 0.717) is 19.3 Å². The summed E-state index contributed by atoms with van der Waals surface area (Å²) >= 11 is 0. The fraction of sp³-hybridized carbons (Fsp3) is 0.724. The molecule has 0 aromatic carbocycles. The monoisotopic (exact) mass is 1140 g/mol. The zero-order valence-corrected chi connectivity index (χ0v) is 54.0. The number of carbonyl (C=O) groups excluding carboxylic acids is 3. The van der Waals surface area contributed by atoms with Gasteiger partial charge in [-0.1, -0.05) is 297 Å². The number of carbonyl (C=O) groups is 3. The van der Waals surface area contributed by atoms with Crippen molar-refractivity contribution in [3.63, 3.8) is 0 Å². The minimum absolute atomic E-state index is 0.0856. The first-order valence-electron chi connectivity index (χ1n) is 34.9. The van der Waals surface area contributed by atoms with Crippen LogP contribution in [0.3, 0.4) is 0 Å². The Labute approximate surface area is 508 Å². The lowest BCUT2D eigenvalue weighted by Gasteiger charge is -2.18.